The summed E-state index contributed by atoms with van der Waals surface area (Å²) in [6.45, 7) is 6.25. The smallest absolute Gasteiger partial charge is 0.255 e. The van der Waals surface area contributed by atoms with Gasteiger partial charge in [0.05, 0.1) is 11.0 Å². The van der Waals surface area contributed by atoms with Crippen molar-refractivity contribution >= 4 is 28.5 Å². The van der Waals surface area contributed by atoms with Gasteiger partial charge in [0.2, 0.25) is 0 Å². The summed E-state index contributed by atoms with van der Waals surface area (Å²) in [5, 5.41) is 5.70. The van der Waals surface area contributed by atoms with Crippen LogP contribution < -0.4 is 10.6 Å². The first-order valence-electron chi connectivity index (χ1n) is 10.2. The van der Waals surface area contributed by atoms with Gasteiger partial charge in [0, 0.05) is 29.0 Å². The van der Waals surface area contributed by atoms with E-state index in [9.17, 15) is 9.59 Å². The molecule has 0 saturated heterocycles. The molecule has 0 aliphatic carbocycles. The van der Waals surface area contributed by atoms with Crippen LogP contribution in [0.4, 0.5) is 5.69 Å². The predicted molar refractivity (Wildman–Crippen MR) is 123 cm³/mol. The molecule has 0 aliphatic heterocycles. The van der Waals surface area contributed by atoms with Crippen LogP contribution in [0.25, 0.3) is 16.7 Å². The number of benzene rings is 3. The number of para-hydroxylation sites is 1. The number of amides is 2. The van der Waals surface area contributed by atoms with Crippen LogP contribution in [-0.2, 0) is 0 Å². The average molecular weight is 412 g/mol. The fraction of sp³-hybridized carbons (Fsp3) is 0.160. The first-order valence-corrected chi connectivity index (χ1v) is 10.2. The van der Waals surface area contributed by atoms with Crippen molar-refractivity contribution in [3.8, 4) is 5.69 Å². The van der Waals surface area contributed by atoms with E-state index in [2.05, 4.69) is 20.2 Å². The van der Waals surface area contributed by atoms with E-state index in [1.54, 1.807) is 24.3 Å². The maximum atomic E-state index is 12.9. The highest BCUT2D eigenvalue weighted by Gasteiger charge is 2.14. The third-order valence-electron chi connectivity index (χ3n) is 5.18. The molecule has 0 bridgehead atoms. The third-order valence-corrected chi connectivity index (χ3v) is 5.18. The molecule has 31 heavy (non-hydrogen) atoms. The topological polar surface area (TPSA) is 76.0 Å². The van der Waals surface area contributed by atoms with Crippen molar-refractivity contribution in [1.29, 1.82) is 0 Å². The van der Waals surface area contributed by atoms with Crippen molar-refractivity contribution in [2.24, 2.45) is 0 Å². The molecular formula is C25H24N4O2. The molecule has 0 unspecified atom stereocenters. The highest BCUT2D eigenvalue weighted by Crippen LogP contribution is 2.23. The molecule has 0 fully saturated rings. The van der Waals surface area contributed by atoms with Crippen LogP contribution in [0, 0.1) is 13.8 Å². The summed E-state index contributed by atoms with van der Waals surface area (Å²) < 4.78 is 2.07. The molecule has 1 aromatic heterocycles. The minimum atomic E-state index is -0.245. The lowest BCUT2D eigenvalue weighted by molar-refractivity contribution is 0.0954. The second-order valence-electron chi connectivity index (χ2n) is 7.38. The van der Waals surface area contributed by atoms with Crippen LogP contribution in [0.5, 0.6) is 0 Å². The molecule has 1 heterocycles. The summed E-state index contributed by atoms with van der Waals surface area (Å²) in [4.78, 5) is 29.7. The predicted octanol–water partition coefficient (Wildman–Crippen LogP) is 4.64. The molecule has 156 valence electrons. The van der Waals surface area contributed by atoms with Gasteiger partial charge in [0.1, 0.15) is 5.82 Å². The minimum Gasteiger partial charge on any atom is -0.352 e. The van der Waals surface area contributed by atoms with Crippen molar-refractivity contribution in [1.82, 2.24) is 14.9 Å². The van der Waals surface area contributed by atoms with Crippen LogP contribution in [0.3, 0.4) is 0 Å². The standard InChI is InChI=1S/C25H24N4O2/c1-4-26-24(30)18-11-10-16(2)21(14-18)28-25(31)19-12-13-23-22(15-19)27-17(3)29(23)20-8-6-5-7-9-20/h5-15H,4H2,1-3H3,(H,26,30)(H,28,31). The van der Waals surface area contributed by atoms with Crippen LogP contribution >= 0.6 is 0 Å². The van der Waals surface area contributed by atoms with Gasteiger partial charge in [-0.15, -0.1) is 0 Å². The highest BCUT2D eigenvalue weighted by atomic mass is 16.2. The van der Waals surface area contributed by atoms with E-state index < -0.39 is 0 Å². The number of imidazole rings is 1. The summed E-state index contributed by atoms with van der Waals surface area (Å²) in [6.07, 6.45) is 0. The van der Waals surface area contributed by atoms with Gasteiger partial charge in [-0.1, -0.05) is 24.3 Å². The molecule has 0 atom stereocenters. The monoisotopic (exact) mass is 412 g/mol. The van der Waals surface area contributed by atoms with E-state index in [-0.39, 0.29) is 11.8 Å². The molecule has 6 heteroatoms. The molecular weight excluding hydrogens is 388 g/mol. The number of carbonyl (C=O) groups is 2. The zero-order chi connectivity index (χ0) is 22.0. The Labute approximate surface area is 180 Å². The van der Waals surface area contributed by atoms with E-state index in [1.165, 1.54) is 0 Å². The Bertz CT molecular complexity index is 1280. The van der Waals surface area contributed by atoms with Gasteiger partial charge >= 0.3 is 0 Å². The van der Waals surface area contributed by atoms with Gasteiger partial charge in [0.15, 0.2) is 0 Å². The van der Waals surface area contributed by atoms with Crippen LogP contribution in [0.2, 0.25) is 0 Å². The number of hydrogen-bond acceptors (Lipinski definition) is 3. The average Bonchev–Trinajstić information content (AvgIpc) is 3.10. The molecule has 6 nitrogen and oxygen atoms in total. The molecule has 0 aliphatic rings. The van der Waals surface area contributed by atoms with Crippen molar-refractivity contribution in [3.63, 3.8) is 0 Å². The first-order chi connectivity index (χ1) is 15.0. The van der Waals surface area contributed by atoms with Crippen LogP contribution in [-0.4, -0.2) is 27.9 Å². The lowest BCUT2D eigenvalue weighted by Crippen LogP contribution is -2.23. The lowest BCUT2D eigenvalue weighted by Gasteiger charge is -2.11. The summed E-state index contributed by atoms with van der Waals surface area (Å²) in [7, 11) is 0. The quantitative estimate of drug-likeness (QED) is 0.501. The fourth-order valence-electron chi connectivity index (χ4n) is 3.60. The van der Waals surface area contributed by atoms with Gasteiger partial charge < -0.3 is 10.6 Å². The molecule has 0 radical (unpaired) electrons. The number of nitrogens with one attached hydrogen (secondary N) is 2. The van der Waals surface area contributed by atoms with E-state index in [0.29, 0.717) is 23.4 Å². The van der Waals surface area contributed by atoms with E-state index >= 15 is 0 Å². The number of aromatic nitrogens is 2. The van der Waals surface area contributed by atoms with Crippen molar-refractivity contribution in [3.05, 3.63) is 89.2 Å². The van der Waals surface area contributed by atoms with Crippen molar-refractivity contribution < 1.29 is 9.59 Å². The SMILES string of the molecule is CCNC(=O)c1ccc(C)c(NC(=O)c2ccc3c(c2)nc(C)n3-c2ccccc2)c1. The molecule has 2 N–H and O–H groups in total. The van der Waals surface area contributed by atoms with Crippen molar-refractivity contribution in [2.45, 2.75) is 20.8 Å². The zero-order valence-electron chi connectivity index (χ0n) is 17.8. The number of anilines is 1. The molecule has 4 aromatic rings. The summed E-state index contributed by atoms with van der Waals surface area (Å²) in [6, 6.07) is 20.8. The molecule has 4 rings (SSSR count). The number of fused-ring (bicyclic) bond motifs is 1. The van der Waals surface area contributed by atoms with Crippen LogP contribution in [0.1, 0.15) is 39.0 Å². The third kappa shape index (κ3) is 4.05. The van der Waals surface area contributed by atoms with Gasteiger partial charge in [-0.25, -0.2) is 4.98 Å². The molecule has 3 aromatic carbocycles. The second-order valence-corrected chi connectivity index (χ2v) is 7.38. The Morgan fingerprint density at radius 3 is 2.35 bits per heavy atom. The first kappa shape index (κ1) is 20.3. The largest absolute Gasteiger partial charge is 0.352 e. The Kier molecular flexibility index (Phi) is 5.54. The number of hydrogen-bond donors (Lipinski definition) is 2. The Hall–Kier alpha value is -3.93. The fourth-order valence-corrected chi connectivity index (χ4v) is 3.60. The van der Waals surface area contributed by atoms with Gasteiger partial charge in [-0.2, -0.15) is 0 Å². The lowest BCUT2D eigenvalue weighted by atomic mass is 10.1. The second kappa shape index (κ2) is 8.44. The van der Waals surface area contributed by atoms with Gasteiger partial charge in [-0.05, 0) is 68.8 Å². The Morgan fingerprint density at radius 1 is 0.903 bits per heavy atom. The molecule has 0 saturated carbocycles. The van der Waals surface area contributed by atoms with E-state index in [4.69, 9.17) is 0 Å². The summed E-state index contributed by atoms with van der Waals surface area (Å²) in [5.41, 5.74) is 5.23. The minimum absolute atomic E-state index is 0.165. The van der Waals surface area contributed by atoms with Gasteiger partial charge in [-0.3, -0.25) is 14.2 Å². The Morgan fingerprint density at radius 2 is 1.61 bits per heavy atom. The maximum Gasteiger partial charge on any atom is 0.255 e. The Balaban J connectivity index is 1.63. The number of carbonyl (C=O) groups excluding carboxylic acids is 2. The van der Waals surface area contributed by atoms with Gasteiger partial charge in [0.25, 0.3) is 11.8 Å². The number of rotatable bonds is 5. The highest BCUT2D eigenvalue weighted by molar-refractivity contribution is 6.07. The van der Waals surface area contributed by atoms with Crippen LogP contribution in [0.15, 0.2) is 66.7 Å². The maximum absolute atomic E-state index is 12.9. The number of nitrogens with zero attached hydrogens (tertiary/aromatic N) is 2. The van der Waals surface area contributed by atoms with E-state index in [0.717, 1.165) is 28.1 Å². The molecule has 2 amide bonds. The molecule has 0 spiro atoms. The van der Waals surface area contributed by atoms with E-state index in [1.807, 2.05) is 63.2 Å². The summed E-state index contributed by atoms with van der Waals surface area (Å²) in [5.74, 6) is 0.440. The normalized spacial score (nSPS) is 10.8. The zero-order valence-corrected chi connectivity index (χ0v) is 17.8. The number of aryl methyl sites for hydroxylation is 2. The van der Waals surface area contributed by atoms with Crippen molar-refractivity contribution in [2.75, 3.05) is 11.9 Å². The summed E-state index contributed by atoms with van der Waals surface area (Å²) >= 11 is 0.